The number of nitrogens with one attached hydrogen (secondary N) is 2. The highest BCUT2D eigenvalue weighted by Gasteiger charge is 2.26. The Kier molecular flexibility index (Phi) is 6.64. The molecule has 0 fully saturated rings. The van der Waals surface area contributed by atoms with Gasteiger partial charge in [-0.15, -0.1) is 0 Å². The molecule has 2 heterocycles. The van der Waals surface area contributed by atoms with E-state index in [0.29, 0.717) is 31.9 Å². The lowest BCUT2D eigenvalue weighted by atomic mass is 10.1. The van der Waals surface area contributed by atoms with E-state index in [4.69, 9.17) is 0 Å². The van der Waals surface area contributed by atoms with E-state index in [1.807, 2.05) is 38.1 Å². The van der Waals surface area contributed by atoms with Gasteiger partial charge < -0.3 is 15.5 Å². The first-order valence-corrected chi connectivity index (χ1v) is 9.95. The van der Waals surface area contributed by atoms with Gasteiger partial charge in [-0.3, -0.25) is 19.1 Å². The average Bonchev–Trinajstić information content (AvgIpc) is 3.07. The Balaban J connectivity index is 1.65. The number of carbonyl (C=O) groups is 3. The van der Waals surface area contributed by atoms with Crippen LogP contribution in [0, 0.1) is 6.92 Å². The van der Waals surface area contributed by atoms with Gasteiger partial charge in [-0.25, -0.2) is 0 Å². The number of carbonyl (C=O) groups excluding carboxylic acids is 3. The van der Waals surface area contributed by atoms with Gasteiger partial charge in [-0.1, -0.05) is 29.8 Å². The lowest BCUT2D eigenvalue weighted by Gasteiger charge is -2.20. The number of aromatic nitrogens is 2. The Bertz CT molecular complexity index is 888. The van der Waals surface area contributed by atoms with Gasteiger partial charge in [0.25, 0.3) is 11.8 Å². The average molecular weight is 397 g/mol. The number of amides is 3. The van der Waals surface area contributed by atoms with E-state index < -0.39 is 0 Å². The number of hydrogen-bond acceptors (Lipinski definition) is 4. The second-order valence-electron chi connectivity index (χ2n) is 7.16. The van der Waals surface area contributed by atoms with Crippen molar-refractivity contribution in [1.29, 1.82) is 0 Å². The van der Waals surface area contributed by atoms with Crippen LogP contribution in [0.15, 0.2) is 30.3 Å². The molecule has 0 bridgehead atoms. The van der Waals surface area contributed by atoms with E-state index in [9.17, 15) is 14.4 Å². The fourth-order valence-electron chi connectivity index (χ4n) is 3.28. The summed E-state index contributed by atoms with van der Waals surface area (Å²) in [5.41, 5.74) is 2.86. The Hall–Kier alpha value is -3.16. The molecule has 0 saturated carbocycles. The van der Waals surface area contributed by atoms with Gasteiger partial charge >= 0.3 is 0 Å². The third-order valence-corrected chi connectivity index (χ3v) is 4.82. The first-order valence-electron chi connectivity index (χ1n) is 9.95. The summed E-state index contributed by atoms with van der Waals surface area (Å²) in [6.07, 6.45) is 0.973. The molecule has 2 N–H and O–H groups in total. The molecule has 1 aliphatic heterocycles. The summed E-state index contributed by atoms with van der Waals surface area (Å²) in [6.45, 7) is 6.40. The smallest absolute Gasteiger partial charge is 0.272 e. The van der Waals surface area contributed by atoms with Gasteiger partial charge in [0.1, 0.15) is 5.69 Å². The van der Waals surface area contributed by atoms with E-state index in [1.54, 1.807) is 9.58 Å². The van der Waals surface area contributed by atoms with Crippen molar-refractivity contribution in [2.45, 2.75) is 39.8 Å². The van der Waals surface area contributed by atoms with E-state index in [-0.39, 0.29) is 36.4 Å². The summed E-state index contributed by atoms with van der Waals surface area (Å²) in [6, 6.07) is 9.66. The highest BCUT2D eigenvalue weighted by Crippen LogP contribution is 2.17. The Morgan fingerprint density at radius 3 is 2.62 bits per heavy atom. The maximum Gasteiger partial charge on any atom is 0.272 e. The molecule has 0 saturated heterocycles. The molecule has 1 aromatic heterocycles. The minimum absolute atomic E-state index is 0.115. The molecule has 0 aliphatic carbocycles. The quantitative estimate of drug-likeness (QED) is 0.740. The summed E-state index contributed by atoms with van der Waals surface area (Å²) in [5, 5.41) is 9.67. The minimum atomic E-state index is -0.382. The fourth-order valence-corrected chi connectivity index (χ4v) is 3.28. The first-order chi connectivity index (χ1) is 14.0. The zero-order valence-corrected chi connectivity index (χ0v) is 16.9. The fraction of sp³-hybridized carbons (Fsp3) is 0.429. The van der Waals surface area contributed by atoms with Crippen molar-refractivity contribution in [3.8, 4) is 0 Å². The van der Waals surface area contributed by atoms with Crippen LogP contribution in [0.3, 0.4) is 0 Å². The van der Waals surface area contributed by atoms with Crippen LogP contribution in [-0.2, 0) is 17.9 Å². The van der Waals surface area contributed by atoms with E-state index in [2.05, 4.69) is 15.7 Å². The third kappa shape index (κ3) is 5.22. The van der Waals surface area contributed by atoms with Crippen LogP contribution in [0.25, 0.3) is 0 Å². The Morgan fingerprint density at radius 2 is 1.90 bits per heavy atom. The number of rotatable bonds is 7. The van der Waals surface area contributed by atoms with E-state index >= 15 is 0 Å². The predicted octanol–water partition coefficient (Wildman–Crippen LogP) is 1.49. The van der Waals surface area contributed by atoms with Crippen LogP contribution in [0.4, 0.5) is 0 Å². The van der Waals surface area contributed by atoms with E-state index in [1.165, 1.54) is 11.6 Å². The molecule has 154 valence electrons. The molecule has 1 aliphatic rings. The first kappa shape index (κ1) is 20.6. The van der Waals surface area contributed by atoms with Gasteiger partial charge in [0.05, 0.1) is 0 Å². The van der Waals surface area contributed by atoms with Crippen LogP contribution in [0.2, 0.25) is 0 Å². The molecule has 3 rings (SSSR count). The number of benzene rings is 1. The zero-order valence-electron chi connectivity index (χ0n) is 16.9. The molecule has 1 aromatic carbocycles. The molecule has 8 nitrogen and oxygen atoms in total. The van der Waals surface area contributed by atoms with Crippen LogP contribution in [-0.4, -0.2) is 52.0 Å². The lowest BCUT2D eigenvalue weighted by Crippen LogP contribution is -2.31. The second-order valence-corrected chi connectivity index (χ2v) is 7.16. The van der Waals surface area contributed by atoms with Gasteiger partial charge in [0.15, 0.2) is 5.69 Å². The molecule has 2 aromatic rings. The minimum Gasteiger partial charge on any atom is -0.356 e. The van der Waals surface area contributed by atoms with Crippen molar-refractivity contribution in [3.05, 3.63) is 52.8 Å². The Morgan fingerprint density at radius 1 is 1.14 bits per heavy atom. The van der Waals surface area contributed by atoms with Crippen molar-refractivity contribution in [1.82, 2.24) is 25.3 Å². The van der Waals surface area contributed by atoms with Crippen LogP contribution < -0.4 is 10.6 Å². The van der Waals surface area contributed by atoms with Crippen LogP contribution in [0.5, 0.6) is 0 Å². The number of hydrogen-bond donors (Lipinski definition) is 2. The van der Waals surface area contributed by atoms with Gasteiger partial charge in [0.2, 0.25) is 5.91 Å². The number of fused-ring (bicyclic) bond motifs is 1. The summed E-state index contributed by atoms with van der Waals surface area (Å²) in [7, 11) is 0. The third-order valence-electron chi connectivity index (χ3n) is 4.82. The predicted molar refractivity (Wildman–Crippen MR) is 108 cm³/mol. The lowest BCUT2D eigenvalue weighted by molar-refractivity contribution is -0.120. The van der Waals surface area contributed by atoms with Gasteiger partial charge in [-0.05, 0) is 25.8 Å². The van der Waals surface area contributed by atoms with Crippen molar-refractivity contribution in [2.24, 2.45) is 0 Å². The highest BCUT2D eigenvalue weighted by molar-refractivity contribution is 5.98. The zero-order chi connectivity index (χ0) is 20.8. The molecule has 3 amide bonds. The van der Waals surface area contributed by atoms with Crippen molar-refractivity contribution < 1.29 is 14.4 Å². The summed E-state index contributed by atoms with van der Waals surface area (Å²) < 4.78 is 1.61. The van der Waals surface area contributed by atoms with Crippen LogP contribution >= 0.6 is 0 Å². The van der Waals surface area contributed by atoms with Crippen molar-refractivity contribution in [2.75, 3.05) is 19.6 Å². The van der Waals surface area contributed by atoms with Crippen LogP contribution in [0.1, 0.15) is 51.9 Å². The van der Waals surface area contributed by atoms with E-state index in [0.717, 1.165) is 12.0 Å². The largest absolute Gasteiger partial charge is 0.356 e. The second kappa shape index (κ2) is 9.36. The standard InChI is InChI=1S/C21H27N5O3/c1-3-22-19(27)9-10-23-20(28)17-13-18-21(29)25(11-4-12-26(18)24-17)14-16-7-5-15(2)6-8-16/h5-8,13H,3-4,9-12,14H2,1-2H3,(H,22,27)(H,23,28). The molecule has 29 heavy (non-hydrogen) atoms. The summed E-state index contributed by atoms with van der Waals surface area (Å²) in [5.74, 6) is -0.625. The number of aryl methyl sites for hydroxylation is 2. The van der Waals surface area contributed by atoms with Gasteiger partial charge in [-0.2, -0.15) is 5.10 Å². The summed E-state index contributed by atoms with van der Waals surface area (Å²) >= 11 is 0. The highest BCUT2D eigenvalue weighted by atomic mass is 16.2. The topological polar surface area (TPSA) is 96.3 Å². The maximum atomic E-state index is 13.0. The SMILES string of the molecule is CCNC(=O)CCNC(=O)c1cc2n(n1)CCCN(Cc1ccc(C)cc1)C2=O. The molecule has 0 spiro atoms. The molecule has 0 unspecified atom stereocenters. The molecular formula is C21H27N5O3. The molecular weight excluding hydrogens is 370 g/mol. The molecule has 0 atom stereocenters. The molecule has 0 radical (unpaired) electrons. The number of nitrogens with zero attached hydrogens (tertiary/aromatic N) is 3. The molecule has 8 heteroatoms. The summed E-state index contributed by atoms with van der Waals surface area (Å²) in [4.78, 5) is 38.6. The Labute approximate surface area is 170 Å². The van der Waals surface area contributed by atoms with Crippen molar-refractivity contribution in [3.63, 3.8) is 0 Å². The monoisotopic (exact) mass is 397 g/mol. The van der Waals surface area contributed by atoms with Crippen molar-refractivity contribution >= 4 is 17.7 Å². The van der Waals surface area contributed by atoms with Gasteiger partial charge in [0, 0.05) is 45.2 Å². The normalized spacial score (nSPS) is 13.6. The maximum absolute atomic E-state index is 13.0.